The van der Waals surface area contributed by atoms with Crippen LogP contribution >= 0.6 is 11.6 Å². The van der Waals surface area contributed by atoms with Crippen molar-refractivity contribution in [3.05, 3.63) is 70.7 Å². The van der Waals surface area contributed by atoms with Crippen molar-refractivity contribution in [2.24, 2.45) is 0 Å². The van der Waals surface area contributed by atoms with E-state index in [2.05, 4.69) is 12.1 Å². The lowest BCUT2D eigenvalue weighted by molar-refractivity contribution is 0.0215. The van der Waals surface area contributed by atoms with E-state index in [0.29, 0.717) is 18.7 Å². The van der Waals surface area contributed by atoms with Gasteiger partial charge in [0.1, 0.15) is 6.10 Å². The third-order valence-corrected chi connectivity index (χ3v) is 5.65. The molecular formula is C23H22ClNO3. The van der Waals surface area contributed by atoms with E-state index < -0.39 is 6.10 Å². The molecule has 3 aromatic carbocycles. The van der Waals surface area contributed by atoms with Crippen LogP contribution in [-0.2, 0) is 4.74 Å². The average Bonchev–Trinajstić information content (AvgIpc) is 3.07. The molecule has 3 aromatic rings. The second-order valence-electron chi connectivity index (χ2n) is 7.29. The molecule has 0 unspecified atom stereocenters. The van der Waals surface area contributed by atoms with Crippen LogP contribution in [0.2, 0.25) is 5.02 Å². The molecule has 0 bridgehead atoms. The molecule has 0 radical (unpaired) electrons. The molecule has 1 N–H and O–H groups in total. The highest BCUT2D eigenvalue weighted by atomic mass is 35.5. The number of hydrogen-bond acceptors (Lipinski definition) is 3. The number of carbonyl (C=O) groups excluding carboxylic acids is 1. The first kappa shape index (κ1) is 18.9. The summed E-state index contributed by atoms with van der Waals surface area (Å²) in [5.41, 5.74) is 4.00. The van der Waals surface area contributed by atoms with E-state index in [9.17, 15) is 9.90 Å². The van der Waals surface area contributed by atoms with Crippen molar-refractivity contribution in [1.29, 1.82) is 0 Å². The fourth-order valence-corrected chi connectivity index (χ4v) is 4.06. The molecule has 0 spiro atoms. The number of rotatable bonds is 3. The topological polar surface area (TPSA) is 49.8 Å². The summed E-state index contributed by atoms with van der Waals surface area (Å²) in [4.78, 5) is 14.5. The molecule has 4 nitrogen and oxygen atoms in total. The molecular weight excluding hydrogens is 374 g/mol. The lowest BCUT2D eigenvalue weighted by atomic mass is 9.97. The minimum absolute atomic E-state index is 0.0851. The molecule has 1 amide bonds. The summed E-state index contributed by atoms with van der Waals surface area (Å²) in [6.45, 7) is 2.75. The SMILES string of the molecule is CO[C@H]1CN(C(=O)c2ccc3cc(-c4ccc(Cl)cc4C)ccc3c2)C[C@@H]1O. The van der Waals surface area contributed by atoms with Crippen molar-refractivity contribution >= 4 is 28.3 Å². The third-order valence-electron chi connectivity index (χ3n) is 5.41. The molecule has 1 saturated heterocycles. The number of β-amino-alcohol motifs (C(OH)–C–C–N with tert-alkyl or cyclic N) is 1. The number of carbonyl (C=O) groups is 1. The third kappa shape index (κ3) is 3.51. The zero-order chi connectivity index (χ0) is 19.8. The van der Waals surface area contributed by atoms with Crippen LogP contribution in [0.15, 0.2) is 54.6 Å². The molecule has 1 heterocycles. The van der Waals surface area contributed by atoms with Crippen LogP contribution in [0.4, 0.5) is 0 Å². The van der Waals surface area contributed by atoms with Crippen molar-refractivity contribution < 1.29 is 14.6 Å². The molecule has 4 rings (SSSR count). The summed E-state index contributed by atoms with van der Waals surface area (Å²) in [7, 11) is 1.55. The van der Waals surface area contributed by atoms with Gasteiger partial charge in [0.05, 0.1) is 6.10 Å². The Labute approximate surface area is 169 Å². The Morgan fingerprint density at radius 1 is 1.07 bits per heavy atom. The zero-order valence-corrected chi connectivity index (χ0v) is 16.6. The Kier molecular flexibility index (Phi) is 5.11. The van der Waals surface area contributed by atoms with Gasteiger partial charge in [0, 0.05) is 30.8 Å². The van der Waals surface area contributed by atoms with Gasteiger partial charge in [-0.05, 0) is 64.7 Å². The second-order valence-corrected chi connectivity index (χ2v) is 7.72. The first-order valence-electron chi connectivity index (χ1n) is 9.27. The Bertz CT molecular complexity index is 1050. The molecule has 0 aromatic heterocycles. The van der Waals surface area contributed by atoms with Crippen LogP contribution in [0.5, 0.6) is 0 Å². The van der Waals surface area contributed by atoms with E-state index in [1.807, 2.05) is 49.4 Å². The van der Waals surface area contributed by atoms with E-state index in [-0.39, 0.29) is 12.0 Å². The highest BCUT2D eigenvalue weighted by molar-refractivity contribution is 6.30. The first-order valence-corrected chi connectivity index (χ1v) is 9.64. The number of aliphatic hydroxyl groups is 1. The van der Waals surface area contributed by atoms with Crippen LogP contribution in [0.1, 0.15) is 15.9 Å². The molecule has 0 saturated carbocycles. The summed E-state index contributed by atoms with van der Waals surface area (Å²) in [5, 5.41) is 12.8. The quantitative estimate of drug-likeness (QED) is 0.719. The van der Waals surface area contributed by atoms with Gasteiger partial charge in [0.25, 0.3) is 5.91 Å². The zero-order valence-electron chi connectivity index (χ0n) is 15.9. The first-order chi connectivity index (χ1) is 13.5. The Hall–Kier alpha value is -2.40. The van der Waals surface area contributed by atoms with Crippen LogP contribution in [0, 0.1) is 6.92 Å². The number of nitrogens with zero attached hydrogens (tertiary/aromatic N) is 1. The Balaban J connectivity index is 1.63. The number of amides is 1. The number of hydrogen-bond donors (Lipinski definition) is 1. The maximum atomic E-state index is 12.8. The molecule has 5 heteroatoms. The van der Waals surface area contributed by atoms with Gasteiger partial charge < -0.3 is 14.7 Å². The maximum absolute atomic E-state index is 12.8. The number of ether oxygens (including phenoxy) is 1. The number of aliphatic hydroxyl groups excluding tert-OH is 1. The van der Waals surface area contributed by atoms with E-state index in [1.165, 1.54) is 0 Å². The molecule has 0 aliphatic carbocycles. The summed E-state index contributed by atoms with van der Waals surface area (Å²) in [5.74, 6) is -0.0851. The highest BCUT2D eigenvalue weighted by Crippen LogP contribution is 2.29. The normalized spacial score (nSPS) is 19.4. The largest absolute Gasteiger partial charge is 0.388 e. The van der Waals surface area contributed by atoms with Gasteiger partial charge >= 0.3 is 0 Å². The van der Waals surface area contributed by atoms with Crippen molar-refractivity contribution in [2.45, 2.75) is 19.1 Å². The van der Waals surface area contributed by atoms with Gasteiger partial charge in [-0.15, -0.1) is 0 Å². The van der Waals surface area contributed by atoms with Crippen molar-refractivity contribution in [1.82, 2.24) is 4.90 Å². The molecule has 1 aliphatic rings. The van der Waals surface area contributed by atoms with Gasteiger partial charge in [-0.25, -0.2) is 0 Å². The standard InChI is InChI=1S/C23H22ClNO3/c1-14-9-19(24)7-8-20(14)17-5-3-16-11-18(6-4-15(16)10-17)23(27)25-12-21(26)22(13-25)28-2/h3-11,21-22,26H,12-13H2,1-2H3/t21-,22-/m0/s1. The van der Waals surface area contributed by atoms with Gasteiger partial charge in [-0.1, -0.05) is 35.9 Å². The number of likely N-dealkylation sites (tertiary alicyclic amines) is 1. The summed E-state index contributed by atoms with van der Waals surface area (Å²) in [6.07, 6.45) is -0.964. The van der Waals surface area contributed by atoms with Gasteiger partial charge in [-0.2, -0.15) is 0 Å². The minimum Gasteiger partial charge on any atom is -0.388 e. The fourth-order valence-electron chi connectivity index (χ4n) is 3.83. The number of aryl methyl sites for hydroxylation is 1. The minimum atomic E-state index is -0.639. The Morgan fingerprint density at radius 3 is 2.54 bits per heavy atom. The second kappa shape index (κ2) is 7.55. The van der Waals surface area contributed by atoms with Gasteiger partial charge in [0.2, 0.25) is 0 Å². The van der Waals surface area contributed by atoms with Crippen molar-refractivity contribution in [2.75, 3.05) is 20.2 Å². The van der Waals surface area contributed by atoms with E-state index >= 15 is 0 Å². The monoisotopic (exact) mass is 395 g/mol. The summed E-state index contributed by atoms with van der Waals surface area (Å²) in [6, 6.07) is 17.8. The van der Waals surface area contributed by atoms with Crippen molar-refractivity contribution in [3.63, 3.8) is 0 Å². The van der Waals surface area contributed by atoms with Gasteiger partial charge in [-0.3, -0.25) is 4.79 Å². The predicted molar refractivity (Wildman–Crippen MR) is 112 cm³/mol. The maximum Gasteiger partial charge on any atom is 0.254 e. The number of methoxy groups -OCH3 is 1. The number of benzene rings is 3. The fraction of sp³-hybridized carbons (Fsp3) is 0.261. The van der Waals surface area contributed by atoms with Crippen LogP contribution in [-0.4, -0.2) is 48.3 Å². The predicted octanol–water partition coefficient (Wildman–Crippen LogP) is 4.30. The molecule has 28 heavy (non-hydrogen) atoms. The smallest absolute Gasteiger partial charge is 0.254 e. The van der Waals surface area contributed by atoms with Crippen LogP contribution in [0.3, 0.4) is 0 Å². The molecule has 1 aliphatic heterocycles. The van der Waals surface area contributed by atoms with Gasteiger partial charge in [0.15, 0.2) is 0 Å². The lowest BCUT2D eigenvalue weighted by Gasteiger charge is -2.16. The van der Waals surface area contributed by atoms with Crippen LogP contribution < -0.4 is 0 Å². The van der Waals surface area contributed by atoms with E-state index in [4.69, 9.17) is 16.3 Å². The van der Waals surface area contributed by atoms with E-state index in [0.717, 1.165) is 32.5 Å². The number of fused-ring (bicyclic) bond motifs is 1. The van der Waals surface area contributed by atoms with Crippen molar-refractivity contribution in [3.8, 4) is 11.1 Å². The summed E-state index contributed by atoms with van der Waals surface area (Å²) < 4.78 is 5.23. The molecule has 1 fully saturated rings. The summed E-state index contributed by atoms with van der Waals surface area (Å²) >= 11 is 6.07. The van der Waals surface area contributed by atoms with E-state index in [1.54, 1.807) is 12.0 Å². The lowest BCUT2D eigenvalue weighted by Crippen LogP contribution is -2.29. The van der Waals surface area contributed by atoms with Crippen LogP contribution in [0.25, 0.3) is 21.9 Å². The average molecular weight is 396 g/mol. The number of halogens is 1. The Morgan fingerprint density at radius 2 is 1.82 bits per heavy atom. The highest BCUT2D eigenvalue weighted by Gasteiger charge is 2.34. The molecule has 2 atom stereocenters. The molecule has 144 valence electrons.